The lowest BCUT2D eigenvalue weighted by molar-refractivity contribution is -0.115. The molecule has 0 saturated carbocycles. The number of amides is 1. The molecule has 1 saturated heterocycles. The van der Waals surface area contributed by atoms with Crippen molar-refractivity contribution in [3.05, 3.63) is 65.2 Å². The highest BCUT2D eigenvalue weighted by Gasteiger charge is 2.34. The Kier molecular flexibility index (Phi) is 4.24. The van der Waals surface area contributed by atoms with Crippen molar-refractivity contribution in [1.29, 1.82) is 0 Å². The van der Waals surface area contributed by atoms with Crippen LogP contribution in [0.4, 0.5) is 5.69 Å². The number of carbonyl (C=O) groups excluding carboxylic acids is 1. The van der Waals surface area contributed by atoms with Crippen molar-refractivity contribution >= 4 is 23.4 Å². The molecule has 23 heavy (non-hydrogen) atoms. The number of benzene rings is 2. The number of aryl methyl sites for hydroxylation is 1. The van der Waals surface area contributed by atoms with E-state index in [1.807, 2.05) is 17.0 Å². The van der Waals surface area contributed by atoms with E-state index in [0.717, 1.165) is 5.69 Å². The van der Waals surface area contributed by atoms with Gasteiger partial charge in [0, 0.05) is 5.69 Å². The maximum atomic E-state index is 12.4. The fourth-order valence-corrected chi connectivity index (χ4v) is 4.05. The molecule has 2 aromatic carbocycles. The van der Waals surface area contributed by atoms with E-state index in [1.54, 1.807) is 11.8 Å². The summed E-state index contributed by atoms with van der Waals surface area (Å²) in [5, 5.41) is 0.0679. The minimum absolute atomic E-state index is 0.0679. The van der Waals surface area contributed by atoms with Gasteiger partial charge in [-0.1, -0.05) is 57.2 Å². The second-order valence-corrected chi connectivity index (χ2v) is 8.21. The van der Waals surface area contributed by atoms with Crippen LogP contribution in [0.2, 0.25) is 0 Å². The van der Waals surface area contributed by atoms with Gasteiger partial charge in [-0.2, -0.15) is 0 Å². The molecule has 0 radical (unpaired) electrons. The van der Waals surface area contributed by atoms with Gasteiger partial charge in [-0.25, -0.2) is 0 Å². The first-order valence-electron chi connectivity index (χ1n) is 7.97. The normalized spacial score (nSPS) is 18.5. The molecule has 3 rings (SSSR count). The fourth-order valence-electron chi connectivity index (χ4n) is 2.88. The molecule has 1 atom stereocenters. The van der Waals surface area contributed by atoms with Gasteiger partial charge in [-0.3, -0.25) is 9.69 Å². The number of hydrogen-bond acceptors (Lipinski definition) is 2. The lowest BCUT2D eigenvalue weighted by Gasteiger charge is -2.26. The van der Waals surface area contributed by atoms with Gasteiger partial charge in [-0.15, -0.1) is 11.8 Å². The number of nitrogens with zero attached hydrogens (tertiary/aromatic N) is 1. The summed E-state index contributed by atoms with van der Waals surface area (Å²) in [6.45, 7) is 8.71. The zero-order valence-corrected chi connectivity index (χ0v) is 15.0. The summed E-state index contributed by atoms with van der Waals surface area (Å²) in [6, 6.07) is 16.9. The first-order chi connectivity index (χ1) is 10.9. The highest BCUT2D eigenvalue weighted by Crippen LogP contribution is 2.42. The Hall–Kier alpha value is -1.74. The van der Waals surface area contributed by atoms with Crippen molar-refractivity contribution in [3.63, 3.8) is 0 Å². The van der Waals surface area contributed by atoms with Crippen molar-refractivity contribution in [3.8, 4) is 0 Å². The van der Waals surface area contributed by atoms with Crippen LogP contribution in [-0.4, -0.2) is 11.7 Å². The largest absolute Gasteiger partial charge is 0.295 e. The Balaban J connectivity index is 1.93. The predicted molar refractivity (Wildman–Crippen MR) is 99.0 cm³/mol. The summed E-state index contributed by atoms with van der Waals surface area (Å²) in [6.07, 6.45) is 0. The summed E-state index contributed by atoms with van der Waals surface area (Å²) in [5.41, 5.74) is 4.82. The molecule has 0 N–H and O–H groups in total. The Morgan fingerprint density at radius 1 is 1.09 bits per heavy atom. The van der Waals surface area contributed by atoms with Gasteiger partial charge >= 0.3 is 0 Å². The van der Waals surface area contributed by atoms with Crippen molar-refractivity contribution in [2.24, 2.45) is 0 Å². The number of carbonyl (C=O) groups is 1. The summed E-state index contributed by atoms with van der Waals surface area (Å²) < 4.78 is 0. The summed E-state index contributed by atoms with van der Waals surface area (Å²) in [5.74, 6) is 0.727. The first-order valence-corrected chi connectivity index (χ1v) is 9.02. The van der Waals surface area contributed by atoms with Crippen LogP contribution in [0.3, 0.4) is 0 Å². The molecule has 1 aliphatic rings. The average Bonchev–Trinajstić information content (AvgIpc) is 2.88. The number of thioether (sulfide) groups is 1. The van der Waals surface area contributed by atoms with Crippen molar-refractivity contribution in [1.82, 2.24) is 0 Å². The Morgan fingerprint density at radius 3 is 2.39 bits per heavy atom. The molecule has 0 aromatic heterocycles. The minimum atomic E-state index is 0.0679. The molecule has 1 fully saturated rings. The Morgan fingerprint density at radius 2 is 1.78 bits per heavy atom. The molecular formula is C20H23NOS. The van der Waals surface area contributed by atoms with Crippen LogP contribution in [0.5, 0.6) is 0 Å². The smallest absolute Gasteiger partial charge is 0.238 e. The molecule has 0 bridgehead atoms. The van der Waals surface area contributed by atoms with Crippen LogP contribution in [0.15, 0.2) is 48.5 Å². The third-order valence-electron chi connectivity index (χ3n) is 4.21. The molecule has 1 amide bonds. The quantitative estimate of drug-likeness (QED) is 0.768. The highest BCUT2D eigenvalue weighted by molar-refractivity contribution is 8.00. The van der Waals surface area contributed by atoms with Crippen LogP contribution >= 0.6 is 11.8 Å². The summed E-state index contributed by atoms with van der Waals surface area (Å²) >= 11 is 1.70. The summed E-state index contributed by atoms with van der Waals surface area (Å²) in [4.78, 5) is 14.3. The molecule has 1 heterocycles. The molecule has 2 nitrogen and oxygen atoms in total. The van der Waals surface area contributed by atoms with Gasteiger partial charge in [0.1, 0.15) is 5.37 Å². The average molecular weight is 325 g/mol. The standard InChI is InChI=1S/C20H23NOS/c1-14-6-5-7-17(12-14)21-18(22)13-23-19(21)15-8-10-16(11-9-15)20(2,3)4/h5-12,19H,13H2,1-4H3/t19-/m1/s1. The zero-order chi connectivity index (χ0) is 16.6. The van der Waals surface area contributed by atoms with Gasteiger partial charge in [0.2, 0.25) is 5.91 Å². The third-order valence-corrected chi connectivity index (χ3v) is 5.42. The molecule has 0 aliphatic carbocycles. The first kappa shape index (κ1) is 16.1. The molecular weight excluding hydrogens is 302 g/mol. The molecule has 120 valence electrons. The topological polar surface area (TPSA) is 20.3 Å². The second-order valence-electron chi connectivity index (χ2n) is 7.14. The molecule has 0 unspecified atom stereocenters. The fraction of sp³-hybridized carbons (Fsp3) is 0.350. The highest BCUT2D eigenvalue weighted by atomic mass is 32.2. The Bertz CT molecular complexity index is 715. The van der Waals surface area contributed by atoms with Crippen LogP contribution in [-0.2, 0) is 10.2 Å². The van der Waals surface area contributed by atoms with E-state index in [4.69, 9.17) is 0 Å². The van der Waals surface area contributed by atoms with E-state index in [0.29, 0.717) is 5.75 Å². The van der Waals surface area contributed by atoms with Crippen molar-refractivity contribution < 1.29 is 4.79 Å². The van der Waals surface area contributed by atoms with Crippen LogP contribution in [0.25, 0.3) is 0 Å². The van der Waals surface area contributed by atoms with Crippen LogP contribution in [0.1, 0.15) is 42.8 Å². The van der Waals surface area contributed by atoms with E-state index in [9.17, 15) is 4.79 Å². The number of anilines is 1. The molecule has 2 aromatic rings. The van der Waals surface area contributed by atoms with E-state index in [-0.39, 0.29) is 16.7 Å². The lowest BCUT2D eigenvalue weighted by atomic mass is 9.86. The Labute approximate surface area is 142 Å². The lowest BCUT2D eigenvalue weighted by Crippen LogP contribution is -2.27. The monoisotopic (exact) mass is 325 g/mol. The SMILES string of the molecule is Cc1cccc(N2C(=O)CS[C@@H]2c2ccc(C(C)(C)C)cc2)c1. The van der Waals surface area contributed by atoms with Gasteiger partial charge < -0.3 is 0 Å². The maximum absolute atomic E-state index is 12.4. The van der Waals surface area contributed by atoms with E-state index in [1.165, 1.54) is 16.7 Å². The molecule has 1 aliphatic heterocycles. The molecule has 0 spiro atoms. The molecule has 3 heteroatoms. The van der Waals surface area contributed by atoms with E-state index < -0.39 is 0 Å². The van der Waals surface area contributed by atoms with Crippen LogP contribution < -0.4 is 4.90 Å². The van der Waals surface area contributed by atoms with Crippen molar-refractivity contribution in [2.75, 3.05) is 10.7 Å². The van der Waals surface area contributed by atoms with Gasteiger partial charge in [0.25, 0.3) is 0 Å². The zero-order valence-electron chi connectivity index (χ0n) is 14.2. The predicted octanol–water partition coefficient (Wildman–Crippen LogP) is 5.07. The van der Waals surface area contributed by atoms with Gasteiger partial charge in [0.05, 0.1) is 5.75 Å². The number of rotatable bonds is 2. The minimum Gasteiger partial charge on any atom is -0.295 e. The van der Waals surface area contributed by atoms with Crippen molar-refractivity contribution in [2.45, 2.75) is 38.5 Å². The van der Waals surface area contributed by atoms with Crippen LogP contribution in [0, 0.1) is 6.92 Å². The van der Waals surface area contributed by atoms with Gasteiger partial charge in [0.15, 0.2) is 0 Å². The van der Waals surface area contributed by atoms with E-state index in [2.05, 4.69) is 64.1 Å². The van der Waals surface area contributed by atoms with Gasteiger partial charge in [-0.05, 0) is 41.2 Å². The number of hydrogen-bond donors (Lipinski definition) is 0. The van der Waals surface area contributed by atoms with E-state index >= 15 is 0 Å². The summed E-state index contributed by atoms with van der Waals surface area (Å²) in [7, 11) is 0. The maximum Gasteiger partial charge on any atom is 0.238 e. The third kappa shape index (κ3) is 3.30. The second kappa shape index (κ2) is 6.04.